The van der Waals surface area contributed by atoms with E-state index in [1.54, 1.807) is 16.5 Å². The van der Waals surface area contributed by atoms with Crippen LogP contribution in [0, 0.1) is 17.7 Å². The molecule has 9 nitrogen and oxygen atoms in total. The van der Waals surface area contributed by atoms with E-state index in [9.17, 15) is 19.5 Å². The minimum absolute atomic E-state index is 0.0268. The first kappa shape index (κ1) is 23.6. The number of aromatic nitrogens is 3. The van der Waals surface area contributed by atoms with Crippen LogP contribution >= 0.6 is 11.3 Å². The SMILES string of the molecule is CC1CCC(CCC(=O)C2CN(c3nc4c(cc3F)c(=O)c(C(=O)O)cn4-c3nccs3)C2)OC1. The van der Waals surface area contributed by atoms with E-state index >= 15 is 4.39 Å². The number of carbonyl (C=O) groups is 2. The number of pyridine rings is 2. The van der Waals surface area contributed by atoms with Crippen LogP contribution in [0.3, 0.4) is 0 Å². The van der Waals surface area contributed by atoms with E-state index in [-0.39, 0.29) is 34.7 Å². The molecule has 2 aliphatic heterocycles. The van der Waals surface area contributed by atoms with Gasteiger partial charge in [0.1, 0.15) is 11.3 Å². The van der Waals surface area contributed by atoms with Crippen molar-refractivity contribution < 1.29 is 23.8 Å². The maximum absolute atomic E-state index is 15.0. The summed E-state index contributed by atoms with van der Waals surface area (Å²) in [4.78, 5) is 47.2. The van der Waals surface area contributed by atoms with Crippen LogP contribution in [-0.4, -0.2) is 57.2 Å². The summed E-state index contributed by atoms with van der Waals surface area (Å²) in [6.45, 7) is 3.58. The van der Waals surface area contributed by atoms with Gasteiger partial charge >= 0.3 is 5.97 Å². The Morgan fingerprint density at radius 1 is 1.31 bits per heavy atom. The number of halogens is 1. The first-order valence-electron chi connectivity index (χ1n) is 11.6. The second kappa shape index (κ2) is 9.46. The fourth-order valence-corrected chi connectivity index (χ4v) is 5.21. The summed E-state index contributed by atoms with van der Waals surface area (Å²) in [7, 11) is 0. The van der Waals surface area contributed by atoms with Gasteiger partial charge in [0.25, 0.3) is 0 Å². The van der Waals surface area contributed by atoms with Crippen LogP contribution in [0.15, 0.2) is 28.6 Å². The molecule has 3 aromatic rings. The highest BCUT2D eigenvalue weighted by atomic mass is 32.1. The average molecular weight is 501 g/mol. The molecule has 184 valence electrons. The Balaban J connectivity index is 1.35. The van der Waals surface area contributed by atoms with Gasteiger partial charge in [0.15, 0.2) is 22.4 Å². The van der Waals surface area contributed by atoms with Crippen molar-refractivity contribution in [3.63, 3.8) is 0 Å². The number of hydrogen-bond acceptors (Lipinski definition) is 8. The highest BCUT2D eigenvalue weighted by Gasteiger charge is 2.35. The number of fused-ring (bicyclic) bond motifs is 1. The van der Waals surface area contributed by atoms with Crippen LogP contribution < -0.4 is 10.3 Å². The molecule has 0 saturated carbocycles. The molecule has 2 atom stereocenters. The second-order valence-corrected chi connectivity index (χ2v) is 10.1. The van der Waals surface area contributed by atoms with Crippen molar-refractivity contribution in [3.8, 4) is 5.13 Å². The first-order chi connectivity index (χ1) is 16.8. The van der Waals surface area contributed by atoms with Crippen LogP contribution in [0.25, 0.3) is 16.2 Å². The number of anilines is 1. The lowest BCUT2D eigenvalue weighted by Crippen LogP contribution is -2.51. The number of carboxylic acids is 1. The van der Waals surface area contributed by atoms with Crippen LogP contribution in [0.5, 0.6) is 0 Å². The number of nitrogens with zero attached hydrogens (tertiary/aromatic N) is 4. The zero-order valence-corrected chi connectivity index (χ0v) is 20.0. The maximum atomic E-state index is 15.0. The summed E-state index contributed by atoms with van der Waals surface area (Å²) in [5.74, 6) is -1.63. The molecule has 0 amide bonds. The number of Topliss-reactive ketones (excluding diaryl/α,β-unsaturated/α-hetero) is 1. The Morgan fingerprint density at radius 2 is 2.11 bits per heavy atom. The van der Waals surface area contributed by atoms with Crippen molar-refractivity contribution in [2.24, 2.45) is 11.8 Å². The molecule has 1 N–H and O–H groups in total. The molecule has 3 aromatic heterocycles. The lowest BCUT2D eigenvalue weighted by molar-refractivity contribution is -0.124. The molecule has 2 unspecified atom stereocenters. The molecular weight excluding hydrogens is 475 g/mol. The minimum Gasteiger partial charge on any atom is -0.477 e. The number of aromatic carboxylic acids is 1. The standard InChI is InChI=1S/C24H25FN4O5S/c1-13-2-3-15(34-12-13)4-5-19(30)14-9-28(10-14)22-18(25)8-16-20(31)17(23(32)33)11-29(21(16)27-22)24-26-6-7-35-24/h6-8,11,13-15H,2-5,9-10,12H2,1H3,(H,32,33). The highest BCUT2D eigenvalue weighted by Crippen LogP contribution is 2.30. The van der Waals surface area contributed by atoms with Crippen molar-refractivity contribution >= 4 is 39.9 Å². The van der Waals surface area contributed by atoms with Gasteiger partial charge in [-0.3, -0.25) is 14.2 Å². The average Bonchev–Trinajstić information content (AvgIpc) is 3.33. The summed E-state index contributed by atoms with van der Waals surface area (Å²) in [6.07, 6.45) is 6.06. The molecule has 5 heterocycles. The third-order valence-electron chi connectivity index (χ3n) is 6.72. The van der Waals surface area contributed by atoms with Crippen LogP contribution in [0.1, 0.15) is 43.0 Å². The van der Waals surface area contributed by atoms with Crippen molar-refractivity contribution in [2.45, 2.75) is 38.7 Å². The van der Waals surface area contributed by atoms with Crippen molar-refractivity contribution in [1.82, 2.24) is 14.5 Å². The molecule has 5 rings (SSSR count). The molecule has 11 heteroatoms. The van der Waals surface area contributed by atoms with Crippen molar-refractivity contribution in [3.05, 3.63) is 45.4 Å². The zero-order valence-electron chi connectivity index (χ0n) is 19.1. The normalized spacial score (nSPS) is 20.7. The number of hydrogen-bond donors (Lipinski definition) is 1. The van der Waals surface area contributed by atoms with E-state index in [1.165, 1.54) is 15.9 Å². The van der Waals surface area contributed by atoms with Crippen molar-refractivity contribution in [2.75, 3.05) is 24.6 Å². The van der Waals surface area contributed by atoms with Gasteiger partial charge in [0, 0.05) is 43.9 Å². The van der Waals surface area contributed by atoms with Gasteiger partial charge in [0.05, 0.1) is 17.4 Å². The molecule has 0 aliphatic carbocycles. The Labute approximate surface area is 204 Å². The van der Waals surface area contributed by atoms with Gasteiger partial charge in [0.2, 0.25) is 5.43 Å². The predicted molar refractivity (Wildman–Crippen MR) is 128 cm³/mol. The Morgan fingerprint density at radius 3 is 2.77 bits per heavy atom. The smallest absolute Gasteiger partial charge is 0.341 e. The van der Waals surface area contributed by atoms with E-state index in [2.05, 4.69) is 16.9 Å². The Hall–Kier alpha value is -3.18. The topological polar surface area (TPSA) is 115 Å². The minimum atomic E-state index is -1.41. The lowest BCUT2D eigenvalue weighted by atomic mass is 9.90. The number of carbonyl (C=O) groups excluding carboxylic acids is 1. The van der Waals surface area contributed by atoms with Crippen LogP contribution in [-0.2, 0) is 9.53 Å². The van der Waals surface area contributed by atoms with Crippen LogP contribution in [0.2, 0.25) is 0 Å². The monoisotopic (exact) mass is 500 g/mol. The van der Waals surface area contributed by atoms with E-state index in [4.69, 9.17) is 4.74 Å². The fourth-order valence-electron chi connectivity index (χ4n) is 4.60. The van der Waals surface area contributed by atoms with Gasteiger partial charge in [-0.15, -0.1) is 11.3 Å². The molecule has 2 aliphatic rings. The second-order valence-electron chi connectivity index (χ2n) is 9.27. The quantitative estimate of drug-likeness (QED) is 0.526. The maximum Gasteiger partial charge on any atom is 0.341 e. The lowest BCUT2D eigenvalue weighted by Gasteiger charge is -2.39. The summed E-state index contributed by atoms with van der Waals surface area (Å²) < 4.78 is 22.2. The molecule has 0 bridgehead atoms. The molecule has 2 saturated heterocycles. The Kier molecular flexibility index (Phi) is 6.37. The highest BCUT2D eigenvalue weighted by molar-refractivity contribution is 7.12. The van der Waals surface area contributed by atoms with Gasteiger partial charge in [-0.1, -0.05) is 6.92 Å². The predicted octanol–water partition coefficient (Wildman–Crippen LogP) is 3.28. The number of ether oxygens (including phenoxy) is 1. The van der Waals surface area contributed by atoms with E-state index in [0.29, 0.717) is 37.0 Å². The Bertz CT molecular complexity index is 1330. The van der Waals surface area contributed by atoms with Gasteiger partial charge in [-0.25, -0.2) is 19.2 Å². The van der Waals surface area contributed by atoms with Gasteiger partial charge in [-0.2, -0.15) is 0 Å². The third-order valence-corrected chi connectivity index (χ3v) is 7.49. The fraction of sp³-hybridized carbons (Fsp3) is 0.458. The molecule has 2 fully saturated rings. The molecule has 0 aromatic carbocycles. The molecule has 0 radical (unpaired) electrons. The van der Waals surface area contributed by atoms with E-state index < -0.39 is 22.8 Å². The number of rotatable bonds is 7. The van der Waals surface area contributed by atoms with Crippen molar-refractivity contribution in [1.29, 1.82) is 0 Å². The third kappa shape index (κ3) is 4.57. The number of ketones is 1. The van der Waals surface area contributed by atoms with Gasteiger partial charge < -0.3 is 14.7 Å². The van der Waals surface area contributed by atoms with E-state index in [1.807, 2.05) is 0 Å². The molecular formula is C24H25FN4O5S. The first-order valence-corrected chi connectivity index (χ1v) is 12.5. The summed E-state index contributed by atoms with van der Waals surface area (Å²) in [6, 6.07) is 1.02. The molecule has 0 spiro atoms. The largest absolute Gasteiger partial charge is 0.477 e. The molecule has 35 heavy (non-hydrogen) atoms. The number of carboxylic acid groups (broad SMARTS) is 1. The van der Waals surface area contributed by atoms with E-state index in [0.717, 1.165) is 31.7 Å². The van der Waals surface area contributed by atoms with Crippen LogP contribution in [0.4, 0.5) is 10.2 Å². The summed E-state index contributed by atoms with van der Waals surface area (Å²) in [5.41, 5.74) is -1.19. The number of thiazole rings is 1. The summed E-state index contributed by atoms with van der Waals surface area (Å²) >= 11 is 1.23. The zero-order chi connectivity index (χ0) is 24.7. The summed E-state index contributed by atoms with van der Waals surface area (Å²) in [5, 5.41) is 11.4. The van der Waals surface area contributed by atoms with Gasteiger partial charge in [-0.05, 0) is 31.2 Å².